The fourth-order valence-electron chi connectivity index (χ4n) is 3.15. The Morgan fingerprint density at radius 3 is 2.61 bits per heavy atom. The van der Waals surface area contributed by atoms with Gasteiger partial charge in [0.05, 0.1) is 12.1 Å². The first-order valence-electron chi connectivity index (χ1n) is 8.96. The van der Waals surface area contributed by atoms with Gasteiger partial charge in [0, 0.05) is 18.0 Å². The second-order valence-corrected chi connectivity index (χ2v) is 8.78. The van der Waals surface area contributed by atoms with E-state index in [9.17, 15) is 33.4 Å². The van der Waals surface area contributed by atoms with Crippen LogP contribution in [0.3, 0.4) is 0 Å². The quantitative estimate of drug-likeness (QED) is 0.120. The van der Waals surface area contributed by atoms with Crippen molar-refractivity contribution in [3.8, 4) is 0 Å². The van der Waals surface area contributed by atoms with Crippen LogP contribution >= 0.6 is 11.8 Å². The summed E-state index contributed by atoms with van der Waals surface area (Å²) in [6.45, 7) is -0.638. The molecule has 0 radical (unpaired) electrons. The summed E-state index contributed by atoms with van der Waals surface area (Å²) in [4.78, 5) is 5.26. The van der Waals surface area contributed by atoms with Crippen molar-refractivity contribution in [2.75, 3.05) is 13.7 Å². The van der Waals surface area contributed by atoms with Gasteiger partial charge in [-0.05, 0) is 11.6 Å². The Balaban J connectivity index is 1.91. The summed E-state index contributed by atoms with van der Waals surface area (Å²) in [6.07, 6.45) is -4.39. The van der Waals surface area contributed by atoms with E-state index in [2.05, 4.69) is 9.44 Å². The molecule has 0 spiro atoms. The first-order chi connectivity index (χ1) is 14.6. The smallest absolute Gasteiger partial charge is 0.284 e. The molecule has 1 aliphatic heterocycles. The largest absolute Gasteiger partial charge is 0.714 e. The molecule has 31 heavy (non-hydrogen) atoms. The van der Waals surface area contributed by atoms with Crippen LogP contribution in [-0.4, -0.2) is 86.7 Å². The maximum Gasteiger partial charge on any atom is 0.284 e. The number of aromatic nitrogens is 1. The van der Waals surface area contributed by atoms with Crippen molar-refractivity contribution in [3.05, 3.63) is 36.0 Å². The van der Waals surface area contributed by atoms with Gasteiger partial charge in [-0.1, -0.05) is 35.1 Å². The molecule has 1 fully saturated rings. The number of rotatable bonds is 7. The van der Waals surface area contributed by atoms with E-state index in [-0.39, 0.29) is 11.5 Å². The molecule has 2 aromatic rings. The number of nitrogens with zero attached hydrogens (tertiary/aromatic N) is 2. The lowest BCUT2D eigenvalue weighted by atomic mass is 10.0. The second-order valence-electron chi connectivity index (χ2n) is 6.64. The number of hydrogen-bond acceptors (Lipinski definition) is 12. The minimum atomic E-state index is -5.16. The SMILES string of the molecule is COn1cc(C/C(=N/OS(=O)(=O)[O-])SC2O[C@H](CO)[C@H](O)[C@H](O)[C@H]2O)c2ccccc21. The van der Waals surface area contributed by atoms with Gasteiger partial charge in [-0.2, -0.15) is 13.1 Å². The molecule has 3 rings (SSSR count). The molecule has 2 heterocycles. The van der Waals surface area contributed by atoms with E-state index in [0.717, 1.165) is 10.9 Å². The third-order valence-corrected chi connectivity index (χ3v) is 6.00. The van der Waals surface area contributed by atoms with Crippen molar-refractivity contribution in [2.24, 2.45) is 5.16 Å². The van der Waals surface area contributed by atoms with E-state index < -0.39 is 46.9 Å². The molecular formula is C17H21N2O10S2-. The molecule has 0 bridgehead atoms. The van der Waals surface area contributed by atoms with Gasteiger partial charge >= 0.3 is 0 Å². The number of benzene rings is 1. The Labute approximate surface area is 181 Å². The van der Waals surface area contributed by atoms with Crippen molar-refractivity contribution >= 4 is 38.1 Å². The number of aliphatic hydroxyl groups excluding tert-OH is 4. The van der Waals surface area contributed by atoms with Gasteiger partial charge in [0.25, 0.3) is 10.4 Å². The van der Waals surface area contributed by atoms with Crippen LogP contribution in [0.4, 0.5) is 0 Å². The van der Waals surface area contributed by atoms with Crippen LogP contribution in [0.5, 0.6) is 0 Å². The number of aliphatic hydroxyl groups is 4. The average Bonchev–Trinajstić information content (AvgIpc) is 3.09. The molecule has 1 aromatic heterocycles. The molecule has 172 valence electrons. The summed E-state index contributed by atoms with van der Waals surface area (Å²) in [5.41, 5.74) is 0.0952. The Bertz CT molecular complexity index is 1040. The van der Waals surface area contributed by atoms with Crippen LogP contribution in [0.25, 0.3) is 10.9 Å². The van der Waals surface area contributed by atoms with Gasteiger partial charge < -0.3 is 34.6 Å². The maximum absolute atomic E-state index is 10.9. The van der Waals surface area contributed by atoms with Gasteiger partial charge in [-0.3, -0.25) is 4.28 Å². The highest BCUT2D eigenvalue weighted by atomic mass is 32.3. The summed E-state index contributed by atoms with van der Waals surface area (Å²) in [5.74, 6) is 0. The monoisotopic (exact) mass is 477 g/mol. The fraction of sp³-hybridized carbons (Fsp3) is 0.471. The molecule has 12 nitrogen and oxygen atoms in total. The Kier molecular flexibility index (Phi) is 7.43. The van der Waals surface area contributed by atoms with Crippen molar-refractivity contribution in [3.63, 3.8) is 0 Å². The van der Waals surface area contributed by atoms with E-state index in [1.807, 2.05) is 0 Å². The van der Waals surface area contributed by atoms with E-state index in [1.165, 1.54) is 11.8 Å². The lowest BCUT2D eigenvalue weighted by Crippen LogP contribution is -2.57. The topological polar surface area (TPSA) is 183 Å². The standard InChI is InChI=1S/C17H22N2O10S2/c1-27-19-7-9(10-4-2-3-5-11(10)19)6-13(18-29-31(24,25)26)30-17-16(23)15(22)14(21)12(8-20)28-17/h2-5,7,12,14-17,20-23H,6,8H2,1H3,(H,24,25,26)/p-1/b18-13-/t12-,14+,15+,16-,17?/m1/s1. The number of thioether (sulfide) groups is 1. The number of oxime groups is 1. The van der Waals surface area contributed by atoms with Crippen molar-refractivity contribution in [2.45, 2.75) is 36.3 Å². The van der Waals surface area contributed by atoms with Crippen LogP contribution in [0.15, 0.2) is 35.6 Å². The number of para-hydroxylation sites is 1. The van der Waals surface area contributed by atoms with Crippen LogP contribution in [-0.2, 0) is 25.8 Å². The molecule has 1 saturated heterocycles. The predicted molar refractivity (Wildman–Crippen MR) is 108 cm³/mol. The minimum absolute atomic E-state index is 0.0495. The molecule has 1 aromatic carbocycles. The molecule has 14 heteroatoms. The third-order valence-electron chi connectivity index (χ3n) is 4.63. The summed E-state index contributed by atoms with van der Waals surface area (Å²) in [7, 11) is -3.70. The zero-order chi connectivity index (χ0) is 22.8. The molecule has 0 aliphatic carbocycles. The van der Waals surface area contributed by atoms with Gasteiger partial charge in [0.15, 0.2) is 0 Å². The molecule has 0 saturated carbocycles. The summed E-state index contributed by atoms with van der Waals surface area (Å²) >= 11 is 0.677. The van der Waals surface area contributed by atoms with Crippen LogP contribution in [0.2, 0.25) is 0 Å². The van der Waals surface area contributed by atoms with Crippen LogP contribution in [0.1, 0.15) is 5.56 Å². The zero-order valence-corrected chi connectivity index (χ0v) is 17.8. The van der Waals surface area contributed by atoms with E-state index in [1.54, 1.807) is 30.5 Å². The zero-order valence-electron chi connectivity index (χ0n) is 16.1. The average molecular weight is 477 g/mol. The first kappa shape index (κ1) is 23.7. The normalized spacial score (nSPS) is 27.4. The van der Waals surface area contributed by atoms with E-state index in [4.69, 9.17) is 9.57 Å². The second kappa shape index (κ2) is 9.70. The van der Waals surface area contributed by atoms with E-state index in [0.29, 0.717) is 17.3 Å². The molecule has 4 N–H and O–H groups in total. The molecule has 0 amide bonds. The van der Waals surface area contributed by atoms with Crippen molar-refractivity contribution < 1.29 is 47.3 Å². The number of hydrogen-bond donors (Lipinski definition) is 4. The lowest BCUT2D eigenvalue weighted by Gasteiger charge is -2.39. The Morgan fingerprint density at radius 1 is 1.26 bits per heavy atom. The molecular weight excluding hydrogens is 456 g/mol. The first-order valence-corrected chi connectivity index (χ1v) is 11.2. The highest BCUT2D eigenvalue weighted by Crippen LogP contribution is 2.31. The van der Waals surface area contributed by atoms with Crippen LogP contribution < -0.4 is 4.84 Å². The van der Waals surface area contributed by atoms with Crippen molar-refractivity contribution in [1.29, 1.82) is 0 Å². The molecule has 5 atom stereocenters. The maximum atomic E-state index is 10.9. The van der Waals surface area contributed by atoms with Gasteiger partial charge in [-0.25, -0.2) is 0 Å². The molecule has 1 unspecified atom stereocenters. The lowest BCUT2D eigenvalue weighted by molar-refractivity contribution is -0.205. The summed E-state index contributed by atoms with van der Waals surface area (Å²) < 4.78 is 43.6. The highest BCUT2D eigenvalue weighted by Gasteiger charge is 2.44. The Hall–Kier alpha value is -1.91. The fourth-order valence-corrected chi connectivity index (χ4v) is 4.47. The van der Waals surface area contributed by atoms with Gasteiger partial charge in [0.2, 0.25) is 0 Å². The van der Waals surface area contributed by atoms with Crippen LogP contribution in [0, 0.1) is 0 Å². The van der Waals surface area contributed by atoms with Gasteiger partial charge in [-0.15, -0.1) is 0 Å². The van der Waals surface area contributed by atoms with Gasteiger partial charge in [0.1, 0.15) is 42.0 Å². The number of fused-ring (bicyclic) bond motifs is 1. The summed E-state index contributed by atoms with van der Waals surface area (Å²) in [6, 6.07) is 7.17. The summed E-state index contributed by atoms with van der Waals surface area (Å²) in [5, 5.41) is 43.5. The minimum Gasteiger partial charge on any atom is -0.714 e. The van der Waals surface area contributed by atoms with E-state index >= 15 is 0 Å². The highest BCUT2D eigenvalue weighted by molar-refractivity contribution is 8.14. The number of ether oxygens (including phenoxy) is 1. The third kappa shape index (κ3) is 5.48. The predicted octanol–water partition coefficient (Wildman–Crippen LogP) is -1.43. The van der Waals surface area contributed by atoms with Crippen molar-refractivity contribution in [1.82, 2.24) is 4.73 Å². The molecule has 1 aliphatic rings. The Morgan fingerprint density at radius 2 is 1.97 bits per heavy atom.